The molecule has 0 saturated heterocycles. The number of hydrogen-bond donors (Lipinski definition) is 0. The molecule has 0 amide bonds. The molecule has 6 unspecified atom stereocenters. The van der Waals surface area contributed by atoms with Gasteiger partial charge in [0.15, 0.2) is 0 Å². The molecular formula is C35H52O2. The monoisotopic (exact) mass is 504 g/mol. The SMILES string of the molecule is CCC1CC(c2cc(C)cc(C)c2)CCCC(c2ccc(C)cc2OC2CCCC(OC)CC(C)C2)C1. The second-order valence-corrected chi connectivity index (χ2v) is 12.6. The highest BCUT2D eigenvalue weighted by Gasteiger charge is 2.28. The van der Waals surface area contributed by atoms with Gasteiger partial charge in [0.25, 0.3) is 0 Å². The molecule has 0 bridgehead atoms. The molecule has 0 N–H and O–H groups in total. The van der Waals surface area contributed by atoms with Gasteiger partial charge in [0.2, 0.25) is 0 Å². The van der Waals surface area contributed by atoms with E-state index in [1.54, 1.807) is 5.56 Å². The molecule has 0 spiro atoms. The summed E-state index contributed by atoms with van der Waals surface area (Å²) in [7, 11) is 1.87. The molecule has 204 valence electrons. The molecule has 2 saturated carbocycles. The summed E-state index contributed by atoms with van der Waals surface area (Å²) in [6, 6.07) is 14.2. The molecular weight excluding hydrogens is 452 g/mol. The third kappa shape index (κ3) is 7.85. The predicted octanol–water partition coefficient (Wildman–Crippen LogP) is 9.83. The van der Waals surface area contributed by atoms with Crippen molar-refractivity contribution in [1.29, 1.82) is 0 Å². The lowest BCUT2D eigenvalue weighted by molar-refractivity contribution is 0.0468. The van der Waals surface area contributed by atoms with Crippen molar-refractivity contribution in [3.63, 3.8) is 0 Å². The standard InChI is InChI=1S/C35H52O2/c1-7-28-22-29(31-17-25(3)16-26(4)18-31)10-8-11-30(23-28)34-15-14-24(2)21-35(34)37-33-13-9-12-32(36-6)19-27(5)20-33/h14-18,21,27-30,32-33H,7-13,19-20,22-23H2,1-6H3. The fourth-order valence-electron chi connectivity index (χ4n) is 7.30. The lowest BCUT2D eigenvalue weighted by atomic mass is 9.74. The van der Waals surface area contributed by atoms with Crippen LogP contribution >= 0.6 is 0 Å². The van der Waals surface area contributed by atoms with Gasteiger partial charge in [-0.2, -0.15) is 0 Å². The third-order valence-corrected chi connectivity index (χ3v) is 9.25. The van der Waals surface area contributed by atoms with E-state index in [4.69, 9.17) is 9.47 Å². The maximum absolute atomic E-state index is 6.91. The Morgan fingerprint density at radius 2 is 1.38 bits per heavy atom. The van der Waals surface area contributed by atoms with E-state index in [1.165, 1.54) is 72.9 Å². The van der Waals surface area contributed by atoms with E-state index >= 15 is 0 Å². The van der Waals surface area contributed by atoms with Gasteiger partial charge in [-0.05, 0) is 125 Å². The first-order chi connectivity index (χ1) is 17.8. The number of ether oxygens (including phenoxy) is 2. The first-order valence-electron chi connectivity index (χ1n) is 15.2. The second kappa shape index (κ2) is 13.3. The van der Waals surface area contributed by atoms with E-state index in [2.05, 4.69) is 71.0 Å². The third-order valence-electron chi connectivity index (χ3n) is 9.25. The van der Waals surface area contributed by atoms with Gasteiger partial charge in [-0.1, -0.05) is 68.1 Å². The maximum Gasteiger partial charge on any atom is 0.123 e. The highest BCUT2D eigenvalue weighted by atomic mass is 16.5. The first kappa shape index (κ1) is 28.2. The molecule has 0 radical (unpaired) electrons. The average Bonchev–Trinajstić information content (AvgIpc) is 2.82. The molecule has 4 rings (SSSR count). The van der Waals surface area contributed by atoms with E-state index in [0.717, 1.165) is 31.6 Å². The van der Waals surface area contributed by atoms with Gasteiger partial charge < -0.3 is 9.47 Å². The van der Waals surface area contributed by atoms with Crippen molar-refractivity contribution >= 4 is 0 Å². The van der Waals surface area contributed by atoms with Crippen molar-refractivity contribution in [2.24, 2.45) is 11.8 Å². The molecule has 6 atom stereocenters. The normalized spacial score (nSPS) is 29.6. The molecule has 2 fully saturated rings. The van der Waals surface area contributed by atoms with Gasteiger partial charge in [-0.25, -0.2) is 0 Å². The van der Waals surface area contributed by atoms with Crippen LogP contribution in [0.25, 0.3) is 0 Å². The highest BCUT2D eigenvalue weighted by molar-refractivity contribution is 5.40. The Balaban J connectivity index is 1.50. The van der Waals surface area contributed by atoms with Gasteiger partial charge >= 0.3 is 0 Å². The van der Waals surface area contributed by atoms with Crippen LogP contribution in [0, 0.1) is 32.6 Å². The van der Waals surface area contributed by atoms with Crippen molar-refractivity contribution < 1.29 is 9.47 Å². The number of methoxy groups -OCH3 is 1. The van der Waals surface area contributed by atoms with Gasteiger partial charge in [-0.3, -0.25) is 0 Å². The minimum atomic E-state index is 0.317. The fourth-order valence-corrected chi connectivity index (χ4v) is 7.30. The van der Waals surface area contributed by atoms with Gasteiger partial charge in [0.1, 0.15) is 5.75 Å². The average molecular weight is 505 g/mol. The topological polar surface area (TPSA) is 18.5 Å². The van der Waals surface area contributed by atoms with E-state index in [0.29, 0.717) is 30.0 Å². The fraction of sp³-hybridized carbons (Fsp3) is 0.657. The van der Waals surface area contributed by atoms with Crippen LogP contribution in [0.5, 0.6) is 5.75 Å². The molecule has 0 heterocycles. The summed E-state index contributed by atoms with van der Waals surface area (Å²) >= 11 is 0. The van der Waals surface area contributed by atoms with Crippen molar-refractivity contribution in [1.82, 2.24) is 0 Å². The minimum absolute atomic E-state index is 0.317. The van der Waals surface area contributed by atoms with Gasteiger partial charge in [0.05, 0.1) is 12.2 Å². The molecule has 0 aliphatic heterocycles. The number of aryl methyl sites for hydroxylation is 3. The highest BCUT2D eigenvalue weighted by Crippen LogP contribution is 2.44. The molecule has 2 aromatic carbocycles. The molecule has 37 heavy (non-hydrogen) atoms. The van der Waals surface area contributed by atoms with Gasteiger partial charge in [-0.15, -0.1) is 0 Å². The Bertz CT molecular complexity index is 975. The summed E-state index contributed by atoms with van der Waals surface area (Å²) in [5.41, 5.74) is 7.17. The van der Waals surface area contributed by atoms with Crippen LogP contribution in [0.1, 0.15) is 124 Å². The van der Waals surface area contributed by atoms with Crippen LogP contribution in [0.3, 0.4) is 0 Å². The first-order valence-corrected chi connectivity index (χ1v) is 15.2. The Morgan fingerprint density at radius 3 is 2.11 bits per heavy atom. The van der Waals surface area contributed by atoms with E-state index in [-0.39, 0.29) is 0 Å². The Hall–Kier alpha value is -1.80. The van der Waals surface area contributed by atoms with Crippen molar-refractivity contribution in [2.45, 2.75) is 129 Å². The zero-order chi connectivity index (χ0) is 26.4. The Morgan fingerprint density at radius 1 is 0.730 bits per heavy atom. The summed E-state index contributed by atoms with van der Waals surface area (Å²) in [6.07, 6.45) is 14.2. The Kier molecular flexibility index (Phi) is 10.2. The lowest BCUT2D eigenvalue weighted by Gasteiger charge is -2.33. The molecule has 2 aliphatic rings. The number of rotatable bonds is 6. The molecule has 2 aliphatic carbocycles. The molecule has 2 nitrogen and oxygen atoms in total. The summed E-state index contributed by atoms with van der Waals surface area (Å²) in [6.45, 7) is 11.5. The van der Waals surface area contributed by atoms with E-state index in [1.807, 2.05) is 7.11 Å². The van der Waals surface area contributed by atoms with E-state index in [9.17, 15) is 0 Å². The van der Waals surface area contributed by atoms with Crippen LogP contribution in [-0.2, 0) is 4.74 Å². The Labute approximate surface area is 227 Å². The summed E-state index contributed by atoms with van der Waals surface area (Å²) in [5.74, 6) is 3.87. The zero-order valence-electron chi connectivity index (χ0n) is 24.5. The predicted molar refractivity (Wildman–Crippen MR) is 157 cm³/mol. The largest absolute Gasteiger partial charge is 0.490 e. The zero-order valence-corrected chi connectivity index (χ0v) is 24.5. The smallest absolute Gasteiger partial charge is 0.123 e. The summed E-state index contributed by atoms with van der Waals surface area (Å²) in [4.78, 5) is 0. The van der Waals surface area contributed by atoms with Crippen molar-refractivity contribution in [3.05, 3.63) is 64.2 Å². The van der Waals surface area contributed by atoms with Crippen LogP contribution in [0.2, 0.25) is 0 Å². The molecule has 2 aromatic rings. The summed E-state index contributed by atoms with van der Waals surface area (Å²) < 4.78 is 12.6. The van der Waals surface area contributed by atoms with Gasteiger partial charge in [0, 0.05) is 7.11 Å². The van der Waals surface area contributed by atoms with Crippen molar-refractivity contribution in [2.75, 3.05) is 7.11 Å². The lowest BCUT2D eigenvalue weighted by Crippen LogP contribution is -2.27. The number of benzene rings is 2. The van der Waals surface area contributed by atoms with E-state index < -0.39 is 0 Å². The minimum Gasteiger partial charge on any atom is -0.490 e. The second-order valence-electron chi connectivity index (χ2n) is 12.6. The maximum atomic E-state index is 6.91. The molecule has 2 heteroatoms. The van der Waals surface area contributed by atoms with Crippen molar-refractivity contribution in [3.8, 4) is 5.75 Å². The quantitative estimate of drug-likeness (QED) is 0.390. The summed E-state index contributed by atoms with van der Waals surface area (Å²) in [5, 5.41) is 0. The molecule has 0 aromatic heterocycles. The van der Waals surface area contributed by atoms with Crippen LogP contribution in [0.4, 0.5) is 0 Å². The number of hydrogen-bond acceptors (Lipinski definition) is 2. The van der Waals surface area contributed by atoms with Crippen LogP contribution in [-0.4, -0.2) is 19.3 Å². The van der Waals surface area contributed by atoms with Crippen LogP contribution in [0.15, 0.2) is 36.4 Å². The van der Waals surface area contributed by atoms with Crippen LogP contribution < -0.4 is 4.74 Å².